The maximum Gasteiger partial charge on any atom is 0.354 e. The highest BCUT2D eigenvalue weighted by Crippen LogP contribution is 2.61. The van der Waals surface area contributed by atoms with Crippen LogP contribution in [0.25, 0.3) is 0 Å². The van der Waals surface area contributed by atoms with Crippen LogP contribution in [0.3, 0.4) is 0 Å². The molecule has 25 heavy (non-hydrogen) atoms. The highest BCUT2D eigenvalue weighted by molar-refractivity contribution is 6.03. The number of aryl methyl sites for hydroxylation is 1. The van der Waals surface area contributed by atoms with Crippen LogP contribution in [0, 0.1) is 23.2 Å². The molecule has 0 saturated heterocycles. The lowest BCUT2D eigenvalue weighted by molar-refractivity contribution is -0.0727. The van der Waals surface area contributed by atoms with E-state index in [0.29, 0.717) is 0 Å². The van der Waals surface area contributed by atoms with E-state index in [4.69, 9.17) is 0 Å². The zero-order chi connectivity index (χ0) is 17.8. The highest BCUT2D eigenvalue weighted by Gasteiger charge is 2.54. The lowest BCUT2D eigenvalue weighted by Gasteiger charge is -2.59. The van der Waals surface area contributed by atoms with E-state index in [2.05, 4.69) is 17.3 Å². The van der Waals surface area contributed by atoms with Crippen LogP contribution in [0.1, 0.15) is 72.7 Å². The lowest BCUT2D eigenvalue weighted by atomic mass is 9.47. The molecule has 1 unspecified atom stereocenters. The number of carbonyl (C=O) groups excluding carboxylic acids is 1. The molecule has 4 aliphatic rings. The molecular weight excluding hydrogens is 318 g/mol. The summed E-state index contributed by atoms with van der Waals surface area (Å²) in [6.45, 7) is 2.13. The predicted octanol–water partition coefficient (Wildman–Crippen LogP) is 2.84. The number of rotatable bonds is 5. The number of carboxylic acid groups (broad SMARTS) is 1. The van der Waals surface area contributed by atoms with Gasteiger partial charge >= 0.3 is 5.97 Å². The Morgan fingerprint density at radius 1 is 1.28 bits per heavy atom. The van der Waals surface area contributed by atoms with Gasteiger partial charge in [0, 0.05) is 13.1 Å². The van der Waals surface area contributed by atoms with E-state index in [-0.39, 0.29) is 28.6 Å². The smallest absolute Gasteiger partial charge is 0.354 e. The summed E-state index contributed by atoms with van der Waals surface area (Å²) in [6.07, 6.45) is 10.0. The van der Waals surface area contributed by atoms with Gasteiger partial charge < -0.3 is 10.4 Å². The van der Waals surface area contributed by atoms with Crippen LogP contribution in [0.2, 0.25) is 0 Å². The van der Waals surface area contributed by atoms with Crippen molar-refractivity contribution in [3.63, 3.8) is 0 Å². The van der Waals surface area contributed by atoms with Gasteiger partial charge in [-0.05, 0) is 68.1 Å². The summed E-state index contributed by atoms with van der Waals surface area (Å²) >= 11 is 0. The van der Waals surface area contributed by atoms with Crippen LogP contribution in [0.4, 0.5) is 0 Å². The van der Waals surface area contributed by atoms with Crippen molar-refractivity contribution in [2.24, 2.45) is 30.2 Å². The standard InChI is InChI=1S/C19H27N3O3/c1-3-15(19-7-11-4-12(8-19)6-13(5-11)9-19)21-17(23)14-10-20-22(2)16(14)18(24)25/h10-13,15H,3-9H2,1-2H3,(H,21,23)(H,24,25). The fraction of sp³-hybridized carbons (Fsp3) is 0.737. The molecule has 1 aromatic rings. The number of nitrogens with zero attached hydrogens (tertiary/aromatic N) is 2. The highest BCUT2D eigenvalue weighted by atomic mass is 16.4. The fourth-order valence-electron chi connectivity index (χ4n) is 6.39. The van der Waals surface area contributed by atoms with Crippen LogP contribution in [-0.4, -0.2) is 32.8 Å². The van der Waals surface area contributed by atoms with Crippen molar-refractivity contribution in [2.45, 2.75) is 57.9 Å². The van der Waals surface area contributed by atoms with Crippen molar-refractivity contribution in [3.05, 3.63) is 17.5 Å². The van der Waals surface area contributed by atoms with Gasteiger partial charge in [-0.15, -0.1) is 0 Å². The van der Waals surface area contributed by atoms with Crippen molar-refractivity contribution in [3.8, 4) is 0 Å². The molecule has 6 nitrogen and oxygen atoms in total. The maximum atomic E-state index is 12.8. The van der Waals surface area contributed by atoms with E-state index in [0.717, 1.165) is 24.2 Å². The molecule has 4 fully saturated rings. The summed E-state index contributed by atoms with van der Waals surface area (Å²) < 4.78 is 1.25. The Hall–Kier alpha value is -1.85. The van der Waals surface area contributed by atoms with E-state index in [9.17, 15) is 14.7 Å². The van der Waals surface area contributed by atoms with Gasteiger partial charge in [0.1, 0.15) is 0 Å². The third-order valence-corrected chi connectivity index (χ3v) is 6.92. The Morgan fingerprint density at radius 3 is 2.32 bits per heavy atom. The van der Waals surface area contributed by atoms with Crippen molar-refractivity contribution < 1.29 is 14.7 Å². The van der Waals surface area contributed by atoms with Gasteiger partial charge in [-0.3, -0.25) is 9.48 Å². The Bertz CT molecular complexity index is 673. The Balaban J connectivity index is 1.57. The second kappa shape index (κ2) is 5.85. The number of hydrogen-bond acceptors (Lipinski definition) is 3. The molecule has 4 aliphatic carbocycles. The molecule has 5 rings (SSSR count). The molecule has 6 heteroatoms. The van der Waals surface area contributed by atoms with Crippen molar-refractivity contribution >= 4 is 11.9 Å². The third-order valence-electron chi connectivity index (χ3n) is 6.92. The number of hydrogen-bond donors (Lipinski definition) is 2. The number of amides is 1. The molecule has 0 aliphatic heterocycles. The minimum atomic E-state index is -1.12. The third kappa shape index (κ3) is 2.66. The normalized spacial score (nSPS) is 34.1. The molecule has 0 aromatic carbocycles. The minimum Gasteiger partial charge on any atom is -0.477 e. The molecule has 2 N–H and O–H groups in total. The van der Waals surface area contributed by atoms with Crippen LogP contribution in [0.15, 0.2) is 6.20 Å². The minimum absolute atomic E-state index is 0.0436. The number of carbonyl (C=O) groups is 2. The van der Waals surface area contributed by atoms with Crippen LogP contribution in [-0.2, 0) is 7.05 Å². The largest absolute Gasteiger partial charge is 0.477 e. The van der Waals surface area contributed by atoms with Gasteiger partial charge in [-0.1, -0.05) is 6.92 Å². The van der Waals surface area contributed by atoms with Gasteiger partial charge in [0.2, 0.25) is 0 Å². The second-order valence-corrected chi connectivity index (χ2v) is 8.55. The first-order valence-corrected chi connectivity index (χ1v) is 9.48. The van der Waals surface area contributed by atoms with Gasteiger partial charge in [-0.2, -0.15) is 5.10 Å². The van der Waals surface area contributed by atoms with Crippen LogP contribution in [0.5, 0.6) is 0 Å². The van der Waals surface area contributed by atoms with Gasteiger partial charge in [0.05, 0.1) is 11.8 Å². The van der Waals surface area contributed by atoms with E-state index < -0.39 is 5.97 Å². The van der Waals surface area contributed by atoms with E-state index >= 15 is 0 Å². The topological polar surface area (TPSA) is 84.2 Å². The summed E-state index contributed by atoms with van der Waals surface area (Å²) in [5.74, 6) is 1.06. The van der Waals surface area contributed by atoms with E-state index in [1.807, 2.05) is 0 Å². The maximum absolute atomic E-state index is 12.8. The Kier molecular flexibility index (Phi) is 3.89. The molecule has 0 radical (unpaired) electrons. The first kappa shape index (κ1) is 16.6. The second-order valence-electron chi connectivity index (χ2n) is 8.55. The molecular formula is C19H27N3O3. The SMILES string of the molecule is CCC(NC(=O)c1cnn(C)c1C(=O)O)C12CC3CC(CC(C3)C1)C2. The van der Waals surface area contributed by atoms with Crippen LogP contribution >= 0.6 is 0 Å². The average Bonchev–Trinajstić information content (AvgIpc) is 2.93. The van der Waals surface area contributed by atoms with Gasteiger partial charge in [0.15, 0.2) is 5.69 Å². The lowest BCUT2D eigenvalue weighted by Crippen LogP contribution is -2.56. The fourth-order valence-corrected chi connectivity index (χ4v) is 6.39. The predicted molar refractivity (Wildman–Crippen MR) is 92.3 cm³/mol. The molecule has 1 atom stereocenters. The molecule has 1 heterocycles. The Morgan fingerprint density at radius 2 is 1.84 bits per heavy atom. The number of aromatic nitrogens is 2. The zero-order valence-electron chi connectivity index (χ0n) is 15.0. The first-order valence-electron chi connectivity index (χ1n) is 9.48. The summed E-state index contributed by atoms with van der Waals surface area (Å²) in [7, 11) is 1.55. The first-order chi connectivity index (χ1) is 11.9. The van der Waals surface area contributed by atoms with E-state index in [1.165, 1.54) is 49.4 Å². The summed E-state index contributed by atoms with van der Waals surface area (Å²) in [6, 6.07) is 0.121. The monoisotopic (exact) mass is 345 g/mol. The molecule has 0 spiro atoms. The quantitative estimate of drug-likeness (QED) is 0.859. The van der Waals surface area contributed by atoms with Crippen molar-refractivity contribution in [1.29, 1.82) is 0 Å². The van der Waals surface area contributed by atoms with Crippen molar-refractivity contribution in [1.82, 2.24) is 15.1 Å². The summed E-state index contributed by atoms with van der Waals surface area (Å²) in [5, 5.41) is 16.5. The van der Waals surface area contributed by atoms with Crippen LogP contribution < -0.4 is 5.32 Å². The summed E-state index contributed by atoms with van der Waals surface area (Å²) in [5.41, 5.74) is 0.334. The average molecular weight is 345 g/mol. The van der Waals surface area contributed by atoms with Gasteiger partial charge in [-0.25, -0.2) is 4.79 Å². The number of nitrogens with one attached hydrogen (secondary N) is 1. The molecule has 4 saturated carbocycles. The number of aromatic carboxylic acids is 1. The van der Waals surface area contributed by atoms with E-state index in [1.54, 1.807) is 7.05 Å². The molecule has 1 aromatic heterocycles. The molecule has 1 amide bonds. The molecule has 4 bridgehead atoms. The zero-order valence-corrected chi connectivity index (χ0v) is 15.0. The Labute approximate surface area is 148 Å². The number of carboxylic acids is 1. The van der Waals surface area contributed by atoms with Crippen molar-refractivity contribution in [2.75, 3.05) is 0 Å². The molecule has 136 valence electrons. The summed E-state index contributed by atoms with van der Waals surface area (Å²) in [4.78, 5) is 24.3. The van der Waals surface area contributed by atoms with Gasteiger partial charge in [0.25, 0.3) is 5.91 Å².